The fraction of sp³-hybridized carbons (Fsp3) is 1.00. The minimum atomic E-state index is -3.08. The molecule has 18 heavy (non-hydrogen) atoms. The van der Waals surface area contributed by atoms with Crippen molar-refractivity contribution >= 4 is 10.0 Å². The van der Waals surface area contributed by atoms with E-state index in [-0.39, 0.29) is 17.7 Å². The number of rotatable bonds is 4. The Balaban J connectivity index is 2.11. The molecule has 2 aliphatic heterocycles. The number of hydrogen-bond donors (Lipinski definition) is 1. The minimum absolute atomic E-state index is 0.199. The predicted molar refractivity (Wildman–Crippen MR) is 74.0 cm³/mol. The normalized spacial score (nSPS) is 31.1. The topological polar surface area (TPSA) is 49.4 Å². The van der Waals surface area contributed by atoms with Crippen molar-refractivity contribution in [2.45, 2.75) is 58.0 Å². The summed E-state index contributed by atoms with van der Waals surface area (Å²) in [5.41, 5.74) is 0. The van der Waals surface area contributed by atoms with Crippen LogP contribution in [-0.4, -0.2) is 43.6 Å². The van der Waals surface area contributed by atoms with Gasteiger partial charge in [0.1, 0.15) is 0 Å². The second kappa shape index (κ2) is 5.88. The predicted octanol–water partition coefficient (Wildman–Crippen LogP) is 1.58. The number of nitrogens with zero attached hydrogens (tertiary/aromatic N) is 1. The van der Waals surface area contributed by atoms with E-state index in [9.17, 15) is 8.42 Å². The Kier molecular flexibility index (Phi) is 4.67. The largest absolute Gasteiger partial charge is 0.312 e. The van der Waals surface area contributed by atoms with Crippen LogP contribution in [0.1, 0.15) is 46.0 Å². The lowest BCUT2D eigenvalue weighted by atomic mass is 9.97. The van der Waals surface area contributed by atoms with E-state index in [1.165, 1.54) is 6.42 Å². The zero-order valence-electron chi connectivity index (χ0n) is 11.6. The Morgan fingerprint density at radius 1 is 1.22 bits per heavy atom. The van der Waals surface area contributed by atoms with Gasteiger partial charge in [-0.3, -0.25) is 0 Å². The second-order valence-electron chi connectivity index (χ2n) is 6.05. The van der Waals surface area contributed by atoms with E-state index in [0.717, 1.165) is 38.8 Å². The van der Waals surface area contributed by atoms with Crippen molar-refractivity contribution in [3.8, 4) is 0 Å². The van der Waals surface area contributed by atoms with Crippen LogP contribution in [0.25, 0.3) is 0 Å². The summed E-state index contributed by atoms with van der Waals surface area (Å²) in [6.45, 7) is 5.71. The van der Waals surface area contributed by atoms with Crippen molar-refractivity contribution < 1.29 is 8.42 Å². The summed E-state index contributed by atoms with van der Waals surface area (Å²) in [5, 5.41) is 3.48. The van der Waals surface area contributed by atoms with Crippen LogP contribution in [0.15, 0.2) is 0 Å². The molecule has 0 saturated carbocycles. The van der Waals surface area contributed by atoms with Crippen molar-refractivity contribution in [3.63, 3.8) is 0 Å². The zero-order valence-corrected chi connectivity index (χ0v) is 12.4. The third-order valence-electron chi connectivity index (χ3n) is 3.96. The zero-order chi connectivity index (χ0) is 13.2. The first kappa shape index (κ1) is 14.3. The van der Waals surface area contributed by atoms with Gasteiger partial charge in [0.2, 0.25) is 10.0 Å². The summed E-state index contributed by atoms with van der Waals surface area (Å²) in [4.78, 5) is 0. The van der Waals surface area contributed by atoms with E-state index in [2.05, 4.69) is 5.32 Å². The molecule has 106 valence electrons. The van der Waals surface area contributed by atoms with E-state index in [1.807, 2.05) is 13.8 Å². The maximum absolute atomic E-state index is 12.5. The Labute approximate surface area is 111 Å². The highest BCUT2D eigenvalue weighted by Gasteiger charge is 2.37. The lowest BCUT2D eigenvalue weighted by Gasteiger charge is -2.38. The third kappa shape index (κ3) is 3.25. The third-order valence-corrected chi connectivity index (χ3v) is 6.22. The van der Waals surface area contributed by atoms with Gasteiger partial charge in [-0.05, 0) is 38.1 Å². The van der Waals surface area contributed by atoms with Crippen molar-refractivity contribution in [1.82, 2.24) is 9.62 Å². The monoisotopic (exact) mass is 274 g/mol. The lowest BCUT2D eigenvalue weighted by molar-refractivity contribution is 0.210. The number of nitrogens with one attached hydrogen (secondary N) is 1. The standard InChI is InChI=1S/C13H26N2O2S/c1-11(2)10-18(16,17)15-9-4-3-7-13(15)12-6-5-8-14-12/h11-14H,3-10H2,1-2H3. The fourth-order valence-corrected chi connectivity index (χ4v) is 5.34. The maximum atomic E-state index is 12.5. The molecule has 0 aliphatic carbocycles. The van der Waals surface area contributed by atoms with Crippen LogP contribution in [-0.2, 0) is 10.0 Å². The van der Waals surface area contributed by atoms with Crippen LogP contribution in [0, 0.1) is 5.92 Å². The summed E-state index contributed by atoms with van der Waals surface area (Å²) >= 11 is 0. The molecule has 0 bridgehead atoms. The van der Waals surface area contributed by atoms with Gasteiger partial charge in [0, 0.05) is 18.6 Å². The maximum Gasteiger partial charge on any atom is 0.214 e. The molecule has 2 saturated heterocycles. The number of hydrogen-bond acceptors (Lipinski definition) is 3. The fourth-order valence-electron chi connectivity index (χ4n) is 3.24. The first-order valence-corrected chi connectivity index (χ1v) is 8.84. The molecule has 2 rings (SSSR count). The summed E-state index contributed by atoms with van der Waals surface area (Å²) in [7, 11) is -3.08. The van der Waals surface area contributed by atoms with Crippen molar-refractivity contribution in [3.05, 3.63) is 0 Å². The van der Waals surface area contributed by atoms with Gasteiger partial charge in [-0.15, -0.1) is 0 Å². The molecular formula is C13H26N2O2S. The SMILES string of the molecule is CC(C)CS(=O)(=O)N1CCCCC1C1CCCN1. The van der Waals surface area contributed by atoms with E-state index in [4.69, 9.17) is 0 Å². The molecule has 1 N–H and O–H groups in total. The highest BCUT2D eigenvalue weighted by atomic mass is 32.2. The first-order valence-electron chi connectivity index (χ1n) is 7.23. The van der Waals surface area contributed by atoms with Gasteiger partial charge in [0.05, 0.1) is 5.75 Å². The summed E-state index contributed by atoms with van der Waals surface area (Å²) < 4.78 is 26.7. The molecule has 0 aromatic rings. The van der Waals surface area contributed by atoms with Crippen LogP contribution >= 0.6 is 0 Å². The molecule has 4 nitrogen and oxygen atoms in total. The Morgan fingerprint density at radius 3 is 2.61 bits per heavy atom. The molecule has 2 unspecified atom stereocenters. The van der Waals surface area contributed by atoms with E-state index < -0.39 is 10.0 Å². The average molecular weight is 274 g/mol. The smallest absolute Gasteiger partial charge is 0.214 e. The summed E-state index contributed by atoms with van der Waals surface area (Å²) in [6.07, 6.45) is 5.50. The van der Waals surface area contributed by atoms with Crippen LogP contribution < -0.4 is 5.32 Å². The van der Waals surface area contributed by atoms with Gasteiger partial charge >= 0.3 is 0 Å². The number of sulfonamides is 1. The lowest BCUT2D eigenvalue weighted by Crippen LogP contribution is -2.53. The Hall–Kier alpha value is -0.130. The summed E-state index contributed by atoms with van der Waals surface area (Å²) in [6, 6.07) is 0.581. The molecule has 2 fully saturated rings. The van der Waals surface area contributed by atoms with Crippen LogP contribution in [0.3, 0.4) is 0 Å². The Bertz CT molecular complexity index is 361. The van der Waals surface area contributed by atoms with E-state index >= 15 is 0 Å². The average Bonchev–Trinajstić information content (AvgIpc) is 2.80. The van der Waals surface area contributed by atoms with Crippen LogP contribution in [0.4, 0.5) is 0 Å². The van der Waals surface area contributed by atoms with Crippen molar-refractivity contribution in [2.24, 2.45) is 5.92 Å². The molecule has 0 aromatic carbocycles. The molecule has 2 aliphatic rings. The molecule has 2 atom stereocenters. The first-order chi connectivity index (χ1) is 8.50. The van der Waals surface area contributed by atoms with Gasteiger partial charge in [-0.2, -0.15) is 4.31 Å². The van der Waals surface area contributed by atoms with Crippen molar-refractivity contribution in [2.75, 3.05) is 18.8 Å². The highest BCUT2D eigenvalue weighted by Crippen LogP contribution is 2.27. The van der Waals surface area contributed by atoms with Gasteiger partial charge < -0.3 is 5.32 Å². The summed E-state index contributed by atoms with van der Waals surface area (Å²) in [5.74, 6) is 0.491. The van der Waals surface area contributed by atoms with Gasteiger partial charge in [0.25, 0.3) is 0 Å². The molecule has 0 spiro atoms. The molecule has 0 aromatic heterocycles. The molecule has 0 radical (unpaired) electrons. The van der Waals surface area contributed by atoms with Gasteiger partial charge in [-0.1, -0.05) is 20.3 Å². The molecule has 5 heteroatoms. The van der Waals surface area contributed by atoms with Crippen LogP contribution in [0.2, 0.25) is 0 Å². The highest BCUT2D eigenvalue weighted by molar-refractivity contribution is 7.89. The van der Waals surface area contributed by atoms with E-state index in [0.29, 0.717) is 6.04 Å². The quantitative estimate of drug-likeness (QED) is 0.847. The van der Waals surface area contributed by atoms with Crippen LogP contribution in [0.5, 0.6) is 0 Å². The van der Waals surface area contributed by atoms with Gasteiger partial charge in [-0.25, -0.2) is 8.42 Å². The molecule has 2 heterocycles. The minimum Gasteiger partial charge on any atom is -0.312 e. The molecular weight excluding hydrogens is 248 g/mol. The van der Waals surface area contributed by atoms with Gasteiger partial charge in [0.15, 0.2) is 0 Å². The number of piperidine rings is 1. The van der Waals surface area contributed by atoms with E-state index in [1.54, 1.807) is 4.31 Å². The molecule has 0 amide bonds. The van der Waals surface area contributed by atoms with Crippen molar-refractivity contribution in [1.29, 1.82) is 0 Å². The Morgan fingerprint density at radius 2 is 2.00 bits per heavy atom. The second-order valence-corrected chi connectivity index (χ2v) is 8.02.